The van der Waals surface area contributed by atoms with Crippen LogP contribution in [-0.4, -0.2) is 35.0 Å². The fraction of sp³-hybridized carbons (Fsp3) is 0.214. The number of benzene rings is 2. The van der Waals surface area contributed by atoms with Gasteiger partial charge in [0.2, 0.25) is 5.76 Å². The Kier molecular flexibility index (Phi) is 6.93. The molecule has 0 unspecified atom stereocenters. The predicted octanol–water partition coefficient (Wildman–Crippen LogP) is 4.97. The van der Waals surface area contributed by atoms with Gasteiger partial charge < -0.3 is 20.1 Å². The van der Waals surface area contributed by atoms with Gasteiger partial charge in [-0.3, -0.25) is 14.6 Å². The molecular formula is C28H26FN5O3. The van der Waals surface area contributed by atoms with E-state index in [9.17, 15) is 14.0 Å². The fourth-order valence-corrected chi connectivity index (χ4v) is 4.31. The van der Waals surface area contributed by atoms with Crippen LogP contribution in [0.2, 0.25) is 0 Å². The lowest BCUT2D eigenvalue weighted by Gasteiger charge is -2.18. The lowest BCUT2D eigenvalue weighted by Crippen LogP contribution is -2.22. The summed E-state index contributed by atoms with van der Waals surface area (Å²) in [6.45, 7) is 3.86. The molecule has 9 heteroatoms. The molecular weight excluding hydrogens is 473 g/mol. The summed E-state index contributed by atoms with van der Waals surface area (Å²) in [5, 5.41) is 9.64. The van der Waals surface area contributed by atoms with Crippen LogP contribution in [0.3, 0.4) is 0 Å². The Morgan fingerprint density at radius 3 is 2.65 bits per heavy atom. The minimum absolute atomic E-state index is 0.0639. The molecule has 4 aromatic rings. The Hall–Kier alpha value is -4.53. The van der Waals surface area contributed by atoms with E-state index < -0.39 is 17.6 Å². The number of nitrogens with one attached hydrogen (secondary N) is 2. The number of aromatic nitrogens is 2. The molecule has 0 radical (unpaired) electrons. The van der Waals surface area contributed by atoms with E-state index in [4.69, 9.17) is 4.52 Å². The summed E-state index contributed by atoms with van der Waals surface area (Å²) in [6, 6.07) is 16.8. The van der Waals surface area contributed by atoms with E-state index in [2.05, 4.69) is 25.7 Å². The van der Waals surface area contributed by atoms with Gasteiger partial charge in [-0.05, 0) is 67.8 Å². The van der Waals surface area contributed by atoms with Crippen LogP contribution >= 0.6 is 0 Å². The molecule has 1 aliphatic heterocycles. The maximum absolute atomic E-state index is 14.3. The SMILES string of the molecule is Cc1ccc(NC(=O)c2cc(F)cc(N3CCCC3)c2)cc1-c1cc(C(=O)NCc2ccccn2)on1. The van der Waals surface area contributed by atoms with Crippen LogP contribution in [-0.2, 0) is 6.54 Å². The van der Waals surface area contributed by atoms with Gasteiger partial charge in [0.1, 0.15) is 11.5 Å². The van der Waals surface area contributed by atoms with E-state index in [1.54, 1.807) is 36.5 Å². The molecule has 2 amide bonds. The van der Waals surface area contributed by atoms with Gasteiger partial charge in [0.05, 0.1) is 12.2 Å². The summed E-state index contributed by atoms with van der Waals surface area (Å²) in [6.07, 6.45) is 3.77. The monoisotopic (exact) mass is 499 g/mol. The number of carbonyl (C=O) groups excluding carboxylic acids is 2. The topological polar surface area (TPSA) is 100 Å². The number of halogens is 1. The minimum atomic E-state index is -0.449. The van der Waals surface area contributed by atoms with Gasteiger partial charge in [-0.25, -0.2) is 4.39 Å². The molecule has 1 saturated heterocycles. The number of hydrogen-bond donors (Lipinski definition) is 2. The predicted molar refractivity (Wildman–Crippen MR) is 138 cm³/mol. The molecule has 0 atom stereocenters. The third-order valence-corrected chi connectivity index (χ3v) is 6.28. The highest BCUT2D eigenvalue weighted by Gasteiger charge is 2.18. The highest BCUT2D eigenvalue weighted by molar-refractivity contribution is 6.05. The number of nitrogens with zero attached hydrogens (tertiary/aromatic N) is 3. The summed E-state index contributed by atoms with van der Waals surface area (Å²) < 4.78 is 19.5. The second kappa shape index (κ2) is 10.6. The Balaban J connectivity index is 1.30. The number of amides is 2. The molecule has 0 bridgehead atoms. The van der Waals surface area contributed by atoms with Gasteiger partial charge in [-0.2, -0.15) is 0 Å². The first-order valence-corrected chi connectivity index (χ1v) is 12.1. The number of aryl methyl sites for hydroxylation is 1. The average molecular weight is 500 g/mol. The molecule has 0 aliphatic carbocycles. The van der Waals surface area contributed by atoms with Crippen molar-refractivity contribution in [3.63, 3.8) is 0 Å². The number of pyridine rings is 1. The first-order valence-electron chi connectivity index (χ1n) is 12.1. The van der Waals surface area contributed by atoms with Crippen molar-refractivity contribution in [1.29, 1.82) is 0 Å². The minimum Gasteiger partial charge on any atom is -0.371 e. The van der Waals surface area contributed by atoms with Crippen LogP contribution in [0.4, 0.5) is 15.8 Å². The van der Waals surface area contributed by atoms with E-state index in [0.717, 1.165) is 37.2 Å². The molecule has 3 heterocycles. The Bertz CT molecular complexity index is 1430. The van der Waals surface area contributed by atoms with E-state index in [-0.39, 0.29) is 17.9 Å². The zero-order chi connectivity index (χ0) is 25.8. The van der Waals surface area contributed by atoms with Gasteiger partial charge in [-0.15, -0.1) is 0 Å². The highest BCUT2D eigenvalue weighted by atomic mass is 19.1. The van der Waals surface area contributed by atoms with E-state index in [1.807, 2.05) is 25.1 Å². The third-order valence-electron chi connectivity index (χ3n) is 6.28. The molecule has 5 rings (SSSR count). The molecule has 1 fully saturated rings. The van der Waals surface area contributed by atoms with Crippen molar-refractivity contribution in [1.82, 2.24) is 15.5 Å². The fourth-order valence-electron chi connectivity index (χ4n) is 4.31. The molecule has 37 heavy (non-hydrogen) atoms. The zero-order valence-electron chi connectivity index (χ0n) is 20.3. The number of carbonyl (C=O) groups is 2. The molecule has 8 nitrogen and oxygen atoms in total. The van der Waals surface area contributed by atoms with E-state index in [1.165, 1.54) is 12.1 Å². The number of anilines is 2. The van der Waals surface area contributed by atoms with Crippen molar-refractivity contribution in [2.75, 3.05) is 23.3 Å². The van der Waals surface area contributed by atoms with Crippen molar-refractivity contribution >= 4 is 23.2 Å². The molecule has 0 saturated carbocycles. The third kappa shape index (κ3) is 5.66. The van der Waals surface area contributed by atoms with Crippen LogP contribution in [0.1, 0.15) is 45.0 Å². The Labute approximate surface area is 213 Å². The van der Waals surface area contributed by atoms with Crippen LogP contribution in [0.5, 0.6) is 0 Å². The summed E-state index contributed by atoms with van der Waals surface area (Å²) in [5.41, 5.74) is 4.23. The van der Waals surface area contributed by atoms with Gasteiger partial charge in [0, 0.05) is 47.9 Å². The van der Waals surface area contributed by atoms with Crippen LogP contribution in [0.25, 0.3) is 11.3 Å². The van der Waals surface area contributed by atoms with Crippen LogP contribution in [0.15, 0.2) is 71.4 Å². The van der Waals surface area contributed by atoms with Gasteiger partial charge >= 0.3 is 0 Å². The van der Waals surface area contributed by atoms with Crippen molar-refractivity contribution in [3.05, 3.63) is 95.3 Å². The average Bonchev–Trinajstić information content (AvgIpc) is 3.62. The first-order chi connectivity index (χ1) is 18.0. The first kappa shape index (κ1) is 24.2. The lowest BCUT2D eigenvalue weighted by atomic mass is 10.0. The lowest BCUT2D eigenvalue weighted by molar-refractivity contribution is 0.0913. The molecule has 2 aromatic carbocycles. The summed E-state index contributed by atoms with van der Waals surface area (Å²) >= 11 is 0. The Morgan fingerprint density at radius 1 is 1.03 bits per heavy atom. The van der Waals surface area contributed by atoms with Crippen molar-refractivity contribution in [2.24, 2.45) is 0 Å². The van der Waals surface area contributed by atoms with Crippen molar-refractivity contribution in [3.8, 4) is 11.3 Å². The molecule has 188 valence electrons. The quantitative estimate of drug-likeness (QED) is 0.373. The van der Waals surface area contributed by atoms with Gasteiger partial charge in [0.25, 0.3) is 11.8 Å². The van der Waals surface area contributed by atoms with E-state index in [0.29, 0.717) is 22.6 Å². The van der Waals surface area contributed by atoms with Gasteiger partial charge in [-0.1, -0.05) is 17.3 Å². The summed E-state index contributed by atoms with van der Waals surface area (Å²) in [5.74, 6) is -1.21. The van der Waals surface area contributed by atoms with Crippen molar-refractivity contribution in [2.45, 2.75) is 26.3 Å². The summed E-state index contributed by atoms with van der Waals surface area (Å²) in [7, 11) is 0. The molecule has 1 aliphatic rings. The Morgan fingerprint density at radius 2 is 1.86 bits per heavy atom. The van der Waals surface area contributed by atoms with Crippen LogP contribution < -0.4 is 15.5 Å². The second-order valence-electron chi connectivity index (χ2n) is 8.96. The molecule has 2 aromatic heterocycles. The second-order valence-corrected chi connectivity index (χ2v) is 8.96. The highest BCUT2D eigenvalue weighted by Crippen LogP contribution is 2.28. The zero-order valence-corrected chi connectivity index (χ0v) is 20.3. The van der Waals surface area contributed by atoms with Gasteiger partial charge in [0.15, 0.2) is 0 Å². The van der Waals surface area contributed by atoms with Crippen LogP contribution in [0, 0.1) is 12.7 Å². The maximum Gasteiger partial charge on any atom is 0.290 e. The standard InChI is InChI=1S/C28H26FN5O3/c1-18-7-8-21(32-27(35)19-12-20(29)14-23(13-19)34-10-4-5-11-34)15-24(18)25-16-26(37-33-25)28(36)31-17-22-6-2-3-9-30-22/h2-3,6-9,12-16H,4-5,10-11,17H2,1H3,(H,31,36)(H,32,35). The summed E-state index contributed by atoms with van der Waals surface area (Å²) in [4.78, 5) is 31.7. The molecule has 0 spiro atoms. The van der Waals surface area contributed by atoms with E-state index >= 15 is 0 Å². The number of hydrogen-bond acceptors (Lipinski definition) is 6. The smallest absolute Gasteiger partial charge is 0.290 e. The maximum atomic E-state index is 14.3. The normalized spacial score (nSPS) is 13.0. The number of rotatable bonds is 7. The van der Waals surface area contributed by atoms with Crippen molar-refractivity contribution < 1.29 is 18.5 Å². The largest absolute Gasteiger partial charge is 0.371 e. The molecule has 2 N–H and O–H groups in total.